The normalized spacial score (nSPS) is 30.6. The highest BCUT2D eigenvalue weighted by Gasteiger charge is 2.30. The number of aliphatic hydroxyl groups is 1. The Kier molecular flexibility index (Phi) is 4.39. The van der Waals surface area contributed by atoms with Crippen LogP contribution in [-0.2, 0) is 0 Å². The van der Waals surface area contributed by atoms with Crippen LogP contribution in [0.5, 0.6) is 0 Å². The minimum atomic E-state index is -0.377. The molecule has 1 aliphatic rings. The molecule has 0 spiro atoms. The predicted molar refractivity (Wildman–Crippen MR) is 60.4 cm³/mol. The lowest BCUT2D eigenvalue weighted by Gasteiger charge is -2.28. The Morgan fingerprint density at radius 3 is 2.57 bits per heavy atom. The van der Waals surface area contributed by atoms with E-state index in [9.17, 15) is 5.11 Å². The Labute approximate surface area is 88.3 Å². The van der Waals surface area contributed by atoms with Gasteiger partial charge in [-0.15, -0.1) is 0 Å². The van der Waals surface area contributed by atoms with E-state index < -0.39 is 0 Å². The van der Waals surface area contributed by atoms with Crippen molar-refractivity contribution in [2.75, 3.05) is 19.6 Å². The van der Waals surface area contributed by atoms with Gasteiger partial charge in [0.05, 0.1) is 5.60 Å². The fourth-order valence-electron chi connectivity index (χ4n) is 2.52. The summed E-state index contributed by atoms with van der Waals surface area (Å²) in [5, 5.41) is 10.4. The smallest absolute Gasteiger partial charge is 0.0662 e. The second-order valence-electron chi connectivity index (χ2n) is 5.11. The van der Waals surface area contributed by atoms with Crippen molar-refractivity contribution in [1.82, 2.24) is 4.90 Å². The van der Waals surface area contributed by atoms with Gasteiger partial charge in [-0.05, 0) is 44.7 Å². The molecule has 2 nitrogen and oxygen atoms in total. The lowest BCUT2D eigenvalue weighted by Crippen LogP contribution is -2.32. The number of likely N-dealkylation sites (tertiary alicyclic amines) is 1. The first-order valence-electron chi connectivity index (χ1n) is 6.00. The molecular weight excluding hydrogens is 174 g/mol. The van der Waals surface area contributed by atoms with E-state index in [1.165, 1.54) is 0 Å². The maximum Gasteiger partial charge on any atom is 0.0662 e. The third-order valence-corrected chi connectivity index (χ3v) is 3.25. The Hall–Kier alpha value is -0.0800. The van der Waals surface area contributed by atoms with Crippen molar-refractivity contribution < 1.29 is 5.11 Å². The average Bonchev–Trinajstić information content (AvgIpc) is 2.26. The summed E-state index contributed by atoms with van der Waals surface area (Å²) >= 11 is 0. The SMILES string of the molecule is CCN1CCCC(O)(CC(C)C)CC1. The van der Waals surface area contributed by atoms with Crippen molar-refractivity contribution in [2.24, 2.45) is 5.92 Å². The third-order valence-electron chi connectivity index (χ3n) is 3.25. The fraction of sp³-hybridized carbons (Fsp3) is 1.00. The van der Waals surface area contributed by atoms with Crippen molar-refractivity contribution in [3.63, 3.8) is 0 Å². The van der Waals surface area contributed by atoms with Crippen LogP contribution in [0.3, 0.4) is 0 Å². The van der Waals surface area contributed by atoms with E-state index in [2.05, 4.69) is 25.7 Å². The highest BCUT2D eigenvalue weighted by atomic mass is 16.3. The van der Waals surface area contributed by atoms with Gasteiger partial charge in [-0.25, -0.2) is 0 Å². The van der Waals surface area contributed by atoms with E-state index in [-0.39, 0.29) is 5.60 Å². The standard InChI is InChI=1S/C12H25NO/c1-4-13-8-5-6-12(14,7-9-13)10-11(2)3/h11,14H,4-10H2,1-3H3. The van der Waals surface area contributed by atoms with Crippen LogP contribution in [0.15, 0.2) is 0 Å². The maximum atomic E-state index is 10.4. The summed E-state index contributed by atoms with van der Waals surface area (Å²) in [4.78, 5) is 2.44. The first-order chi connectivity index (χ1) is 6.56. The number of hydrogen-bond donors (Lipinski definition) is 1. The number of rotatable bonds is 3. The molecule has 1 aliphatic heterocycles. The van der Waals surface area contributed by atoms with Gasteiger partial charge in [0.15, 0.2) is 0 Å². The lowest BCUT2D eigenvalue weighted by atomic mass is 9.86. The topological polar surface area (TPSA) is 23.5 Å². The molecule has 1 atom stereocenters. The van der Waals surface area contributed by atoms with Crippen LogP contribution in [0.25, 0.3) is 0 Å². The minimum Gasteiger partial charge on any atom is -0.390 e. The molecule has 14 heavy (non-hydrogen) atoms. The molecule has 1 fully saturated rings. The molecule has 1 N–H and O–H groups in total. The second-order valence-corrected chi connectivity index (χ2v) is 5.11. The van der Waals surface area contributed by atoms with Crippen molar-refractivity contribution >= 4 is 0 Å². The molecule has 0 aromatic carbocycles. The van der Waals surface area contributed by atoms with E-state index in [4.69, 9.17) is 0 Å². The Morgan fingerprint density at radius 1 is 1.29 bits per heavy atom. The van der Waals surface area contributed by atoms with Crippen LogP contribution in [0, 0.1) is 5.92 Å². The van der Waals surface area contributed by atoms with E-state index in [0.717, 1.165) is 45.3 Å². The molecule has 1 saturated heterocycles. The van der Waals surface area contributed by atoms with Crippen LogP contribution in [0.2, 0.25) is 0 Å². The summed E-state index contributed by atoms with van der Waals surface area (Å²) in [6.07, 6.45) is 4.06. The van der Waals surface area contributed by atoms with Crippen molar-refractivity contribution in [1.29, 1.82) is 0 Å². The minimum absolute atomic E-state index is 0.377. The summed E-state index contributed by atoms with van der Waals surface area (Å²) < 4.78 is 0. The molecule has 2 heteroatoms. The maximum absolute atomic E-state index is 10.4. The quantitative estimate of drug-likeness (QED) is 0.753. The van der Waals surface area contributed by atoms with Crippen LogP contribution >= 0.6 is 0 Å². The molecule has 0 aromatic heterocycles. The first-order valence-corrected chi connectivity index (χ1v) is 6.00. The zero-order valence-electron chi connectivity index (χ0n) is 9.92. The highest BCUT2D eigenvalue weighted by Crippen LogP contribution is 2.28. The zero-order valence-corrected chi connectivity index (χ0v) is 9.92. The van der Waals surface area contributed by atoms with E-state index >= 15 is 0 Å². The first kappa shape index (κ1) is 12.0. The average molecular weight is 199 g/mol. The van der Waals surface area contributed by atoms with Crippen LogP contribution in [-0.4, -0.2) is 35.2 Å². The summed E-state index contributed by atoms with van der Waals surface area (Å²) in [6.45, 7) is 9.95. The van der Waals surface area contributed by atoms with Gasteiger partial charge in [0.1, 0.15) is 0 Å². The molecule has 84 valence electrons. The molecule has 0 aromatic rings. The number of nitrogens with zero attached hydrogens (tertiary/aromatic N) is 1. The summed E-state index contributed by atoms with van der Waals surface area (Å²) in [7, 11) is 0. The zero-order chi connectivity index (χ0) is 10.6. The van der Waals surface area contributed by atoms with Crippen LogP contribution in [0.4, 0.5) is 0 Å². The van der Waals surface area contributed by atoms with Crippen molar-refractivity contribution in [3.05, 3.63) is 0 Å². The summed E-state index contributed by atoms with van der Waals surface area (Å²) in [5.74, 6) is 0.605. The van der Waals surface area contributed by atoms with Crippen LogP contribution in [0.1, 0.15) is 46.5 Å². The Morgan fingerprint density at radius 2 is 2.00 bits per heavy atom. The van der Waals surface area contributed by atoms with E-state index in [0.29, 0.717) is 5.92 Å². The molecule has 0 amide bonds. The molecule has 0 aliphatic carbocycles. The van der Waals surface area contributed by atoms with Crippen molar-refractivity contribution in [2.45, 2.75) is 52.1 Å². The Bertz CT molecular complexity index is 170. The molecular formula is C12H25NO. The van der Waals surface area contributed by atoms with E-state index in [1.807, 2.05) is 0 Å². The van der Waals surface area contributed by atoms with Gasteiger partial charge in [0.25, 0.3) is 0 Å². The van der Waals surface area contributed by atoms with Gasteiger partial charge in [-0.2, -0.15) is 0 Å². The van der Waals surface area contributed by atoms with E-state index in [1.54, 1.807) is 0 Å². The predicted octanol–water partition coefficient (Wildman–Crippen LogP) is 2.27. The van der Waals surface area contributed by atoms with Gasteiger partial charge < -0.3 is 10.0 Å². The molecule has 1 unspecified atom stereocenters. The second kappa shape index (κ2) is 5.13. The van der Waals surface area contributed by atoms with Crippen LogP contribution < -0.4 is 0 Å². The fourth-order valence-corrected chi connectivity index (χ4v) is 2.52. The summed E-state index contributed by atoms with van der Waals surface area (Å²) in [6, 6.07) is 0. The van der Waals surface area contributed by atoms with Gasteiger partial charge in [0.2, 0.25) is 0 Å². The lowest BCUT2D eigenvalue weighted by molar-refractivity contribution is 0.00598. The molecule has 0 bridgehead atoms. The molecule has 1 rings (SSSR count). The molecule has 0 radical (unpaired) electrons. The largest absolute Gasteiger partial charge is 0.390 e. The third kappa shape index (κ3) is 3.58. The van der Waals surface area contributed by atoms with Gasteiger partial charge in [-0.1, -0.05) is 20.8 Å². The highest BCUT2D eigenvalue weighted by molar-refractivity contribution is 4.84. The van der Waals surface area contributed by atoms with Crippen molar-refractivity contribution in [3.8, 4) is 0 Å². The Balaban J connectivity index is 2.46. The van der Waals surface area contributed by atoms with Gasteiger partial charge in [-0.3, -0.25) is 0 Å². The molecule has 0 saturated carbocycles. The number of hydrogen-bond acceptors (Lipinski definition) is 2. The summed E-state index contributed by atoms with van der Waals surface area (Å²) in [5.41, 5.74) is -0.377. The monoisotopic (exact) mass is 199 g/mol. The van der Waals surface area contributed by atoms with Gasteiger partial charge in [0, 0.05) is 6.54 Å². The molecule has 1 heterocycles. The van der Waals surface area contributed by atoms with Gasteiger partial charge >= 0.3 is 0 Å².